The third kappa shape index (κ3) is 2.54. The number of hydrogen-bond acceptors (Lipinski definition) is 4. The molecule has 3 N–H and O–H groups in total. The zero-order chi connectivity index (χ0) is 18.3. The lowest BCUT2D eigenvalue weighted by Crippen LogP contribution is -2.27. The molecule has 1 aromatic carbocycles. The third-order valence-electron chi connectivity index (χ3n) is 5.62. The van der Waals surface area contributed by atoms with E-state index in [9.17, 15) is 5.26 Å². The Morgan fingerprint density at radius 3 is 2.73 bits per heavy atom. The SMILES string of the molecule is Cc1c(-c2cc(C3CCNCC3)c(C#N)c(N)n2)c2ccccc2n1C. The fourth-order valence-corrected chi connectivity index (χ4v) is 4.13. The van der Waals surface area contributed by atoms with Gasteiger partial charge in [0.25, 0.3) is 0 Å². The van der Waals surface area contributed by atoms with E-state index < -0.39 is 0 Å². The van der Waals surface area contributed by atoms with Gasteiger partial charge in [-0.3, -0.25) is 0 Å². The van der Waals surface area contributed by atoms with Gasteiger partial charge >= 0.3 is 0 Å². The van der Waals surface area contributed by atoms with Crippen LogP contribution in [0.15, 0.2) is 30.3 Å². The predicted octanol–water partition coefficient (Wildman–Crippen LogP) is 3.47. The van der Waals surface area contributed by atoms with Crippen LogP contribution in [-0.4, -0.2) is 22.6 Å². The average Bonchev–Trinajstić information content (AvgIpc) is 2.93. The Balaban J connectivity index is 1.95. The van der Waals surface area contributed by atoms with Crippen molar-refractivity contribution in [1.29, 1.82) is 5.26 Å². The van der Waals surface area contributed by atoms with Crippen molar-refractivity contribution in [2.75, 3.05) is 18.8 Å². The summed E-state index contributed by atoms with van der Waals surface area (Å²) in [5, 5.41) is 14.2. The number of hydrogen-bond donors (Lipinski definition) is 2. The summed E-state index contributed by atoms with van der Waals surface area (Å²) < 4.78 is 2.19. The van der Waals surface area contributed by atoms with Crippen LogP contribution in [0.1, 0.15) is 35.6 Å². The fourth-order valence-electron chi connectivity index (χ4n) is 4.13. The monoisotopic (exact) mass is 345 g/mol. The van der Waals surface area contributed by atoms with E-state index in [2.05, 4.69) is 53.1 Å². The van der Waals surface area contributed by atoms with Crippen molar-refractivity contribution in [2.24, 2.45) is 7.05 Å². The summed E-state index contributed by atoms with van der Waals surface area (Å²) >= 11 is 0. The van der Waals surface area contributed by atoms with Crippen LogP contribution >= 0.6 is 0 Å². The number of anilines is 1. The summed E-state index contributed by atoms with van der Waals surface area (Å²) in [5.41, 5.74) is 12.1. The predicted molar refractivity (Wildman–Crippen MR) is 105 cm³/mol. The molecule has 0 unspecified atom stereocenters. The molecular weight excluding hydrogens is 322 g/mol. The van der Waals surface area contributed by atoms with Crippen LogP contribution in [0.25, 0.3) is 22.2 Å². The second-order valence-corrected chi connectivity index (χ2v) is 7.03. The van der Waals surface area contributed by atoms with Gasteiger partial charge in [-0.15, -0.1) is 0 Å². The van der Waals surface area contributed by atoms with E-state index in [1.165, 1.54) is 10.9 Å². The van der Waals surface area contributed by atoms with E-state index >= 15 is 0 Å². The lowest BCUT2D eigenvalue weighted by atomic mass is 9.86. The van der Waals surface area contributed by atoms with Crippen LogP contribution in [0.5, 0.6) is 0 Å². The van der Waals surface area contributed by atoms with Crippen LogP contribution in [0.3, 0.4) is 0 Å². The maximum absolute atomic E-state index is 9.63. The van der Waals surface area contributed by atoms with Crippen molar-refractivity contribution in [1.82, 2.24) is 14.9 Å². The molecule has 0 amide bonds. The number of aromatic nitrogens is 2. The van der Waals surface area contributed by atoms with Crippen LogP contribution in [0.2, 0.25) is 0 Å². The van der Waals surface area contributed by atoms with Gasteiger partial charge < -0.3 is 15.6 Å². The molecular formula is C21H23N5. The Hall–Kier alpha value is -2.84. The van der Waals surface area contributed by atoms with Gasteiger partial charge in [0, 0.05) is 29.2 Å². The Morgan fingerprint density at radius 2 is 2.00 bits per heavy atom. The highest BCUT2D eigenvalue weighted by Gasteiger charge is 2.23. The molecule has 0 saturated carbocycles. The van der Waals surface area contributed by atoms with Gasteiger partial charge in [-0.2, -0.15) is 5.26 Å². The molecule has 1 fully saturated rings. The molecule has 4 rings (SSSR count). The number of aryl methyl sites for hydroxylation is 1. The van der Waals surface area contributed by atoms with E-state index in [4.69, 9.17) is 5.73 Å². The van der Waals surface area contributed by atoms with Gasteiger partial charge in [-0.05, 0) is 56.5 Å². The summed E-state index contributed by atoms with van der Waals surface area (Å²) in [6, 6.07) is 12.7. The van der Waals surface area contributed by atoms with Gasteiger partial charge in [-0.25, -0.2) is 4.98 Å². The van der Waals surface area contributed by atoms with Gasteiger partial charge in [0.15, 0.2) is 0 Å². The minimum atomic E-state index is 0.339. The maximum atomic E-state index is 9.63. The highest BCUT2D eigenvalue weighted by Crippen LogP contribution is 2.37. The number of benzene rings is 1. The van der Waals surface area contributed by atoms with Crippen molar-refractivity contribution in [3.05, 3.63) is 47.2 Å². The van der Waals surface area contributed by atoms with Crippen molar-refractivity contribution < 1.29 is 0 Å². The van der Waals surface area contributed by atoms with E-state index in [0.29, 0.717) is 17.3 Å². The molecule has 0 spiro atoms. The molecule has 0 radical (unpaired) electrons. The summed E-state index contributed by atoms with van der Waals surface area (Å²) in [7, 11) is 2.07. The van der Waals surface area contributed by atoms with Crippen molar-refractivity contribution in [2.45, 2.75) is 25.7 Å². The number of fused-ring (bicyclic) bond motifs is 1. The zero-order valence-corrected chi connectivity index (χ0v) is 15.2. The number of nitrogens with one attached hydrogen (secondary N) is 1. The molecule has 3 aromatic rings. The molecule has 26 heavy (non-hydrogen) atoms. The molecule has 2 aromatic heterocycles. The number of nitrogens with zero attached hydrogens (tertiary/aromatic N) is 3. The Bertz CT molecular complexity index is 1020. The summed E-state index contributed by atoms with van der Waals surface area (Å²) in [4.78, 5) is 4.62. The van der Waals surface area contributed by atoms with Gasteiger partial charge in [0.05, 0.1) is 11.3 Å². The lowest BCUT2D eigenvalue weighted by molar-refractivity contribution is 0.460. The first-order chi connectivity index (χ1) is 12.6. The van der Waals surface area contributed by atoms with Crippen LogP contribution in [0.4, 0.5) is 5.82 Å². The Morgan fingerprint density at radius 1 is 1.27 bits per heavy atom. The molecule has 5 nitrogen and oxygen atoms in total. The van der Waals surface area contributed by atoms with E-state index in [1.807, 2.05) is 12.1 Å². The van der Waals surface area contributed by atoms with Gasteiger partial charge in [0.2, 0.25) is 0 Å². The number of pyridine rings is 1. The number of para-hydroxylation sites is 1. The fraction of sp³-hybridized carbons (Fsp3) is 0.333. The number of nitrogens with two attached hydrogens (primary N) is 1. The first-order valence-corrected chi connectivity index (χ1v) is 9.07. The summed E-state index contributed by atoms with van der Waals surface area (Å²) in [6.45, 7) is 4.05. The van der Waals surface area contributed by atoms with E-state index in [1.54, 1.807) is 0 Å². The normalized spacial score (nSPS) is 15.3. The highest BCUT2D eigenvalue weighted by molar-refractivity contribution is 5.97. The molecule has 0 aliphatic carbocycles. The molecule has 5 heteroatoms. The second kappa shape index (κ2) is 6.47. The Kier molecular flexibility index (Phi) is 4.14. The number of nitrogen functional groups attached to an aromatic ring is 1. The van der Waals surface area contributed by atoms with E-state index in [0.717, 1.165) is 48.4 Å². The molecule has 1 saturated heterocycles. The summed E-state index contributed by atoms with van der Waals surface area (Å²) in [6.07, 6.45) is 2.04. The third-order valence-corrected chi connectivity index (χ3v) is 5.62. The second-order valence-electron chi connectivity index (χ2n) is 7.03. The number of nitriles is 1. The molecule has 1 aliphatic heterocycles. The molecule has 0 bridgehead atoms. The molecule has 1 aliphatic rings. The van der Waals surface area contributed by atoms with E-state index in [-0.39, 0.29) is 0 Å². The smallest absolute Gasteiger partial charge is 0.142 e. The Labute approximate surface area is 153 Å². The minimum absolute atomic E-state index is 0.339. The lowest BCUT2D eigenvalue weighted by Gasteiger charge is -2.24. The topological polar surface area (TPSA) is 79.7 Å². The van der Waals surface area contributed by atoms with Crippen LogP contribution in [0, 0.1) is 18.3 Å². The quantitative estimate of drug-likeness (QED) is 0.745. The summed E-state index contributed by atoms with van der Waals surface area (Å²) in [5.74, 6) is 0.691. The maximum Gasteiger partial charge on any atom is 0.142 e. The number of rotatable bonds is 2. The molecule has 3 heterocycles. The molecule has 0 atom stereocenters. The van der Waals surface area contributed by atoms with Crippen molar-refractivity contribution in [3.8, 4) is 17.3 Å². The average molecular weight is 345 g/mol. The van der Waals surface area contributed by atoms with Crippen LogP contribution < -0.4 is 11.1 Å². The van der Waals surface area contributed by atoms with Gasteiger partial charge in [0.1, 0.15) is 11.9 Å². The van der Waals surface area contributed by atoms with Gasteiger partial charge in [-0.1, -0.05) is 18.2 Å². The highest BCUT2D eigenvalue weighted by atomic mass is 15.0. The molecule has 132 valence electrons. The first kappa shape index (κ1) is 16.6. The largest absolute Gasteiger partial charge is 0.383 e. The number of piperidine rings is 1. The minimum Gasteiger partial charge on any atom is -0.383 e. The standard InChI is InChI=1S/C21H23N5/c1-13-20(15-5-3-4-6-19(15)26(13)2)18-11-16(14-7-9-24-10-8-14)17(12-22)21(23)25-18/h3-6,11,14,24H,7-10H2,1-2H3,(H2,23,25). The first-order valence-electron chi connectivity index (χ1n) is 9.07. The van der Waals surface area contributed by atoms with Crippen molar-refractivity contribution >= 4 is 16.7 Å². The van der Waals surface area contributed by atoms with Crippen LogP contribution in [-0.2, 0) is 7.05 Å². The zero-order valence-electron chi connectivity index (χ0n) is 15.2. The van der Waals surface area contributed by atoms with Crippen molar-refractivity contribution in [3.63, 3.8) is 0 Å².